The van der Waals surface area contributed by atoms with E-state index in [1.54, 1.807) is 41.3 Å². The Balaban J connectivity index is 1.59. The summed E-state index contributed by atoms with van der Waals surface area (Å²) in [5, 5.41) is 9.05. The van der Waals surface area contributed by atoms with Gasteiger partial charge < -0.3 is 4.90 Å². The number of hydrogen-bond donors (Lipinski definition) is 0. The molecule has 2 aliphatic heterocycles. The molecular formula is C21H21N3O3S. The van der Waals surface area contributed by atoms with Crippen LogP contribution in [0.4, 0.5) is 0 Å². The summed E-state index contributed by atoms with van der Waals surface area (Å²) in [4.78, 5) is 14.9. The maximum atomic E-state index is 12.9. The number of benzene rings is 2. The average molecular weight is 395 g/mol. The van der Waals surface area contributed by atoms with Crippen molar-refractivity contribution in [3.8, 4) is 6.07 Å². The molecule has 1 fully saturated rings. The molecule has 6 nitrogen and oxygen atoms in total. The van der Waals surface area contributed by atoms with E-state index in [0.717, 1.165) is 24.0 Å². The van der Waals surface area contributed by atoms with Gasteiger partial charge in [-0.2, -0.15) is 9.57 Å². The number of fused-ring (bicyclic) bond motifs is 1. The lowest BCUT2D eigenvalue weighted by molar-refractivity contribution is 0.0734. The molecule has 0 atom stereocenters. The molecule has 0 N–H and O–H groups in total. The normalized spacial score (nSPS) is 17.2. The minimum atomic E-state index is -3.48. The molecule has 1 amide bonds. The molecule has 28 heavy (non-hydrogen) atoms. The van der Waals surface area contributed by atoms with Crippen LogP contribution in [0.5, 0.6) is 0 Å². The fraction of sp³-hybridized carbons (Fsp3) is 0.333. The zero-order chi connectivity index (χ0) is 19.7. The van der Waals surface area contributed by atoms with Gasteiger partial charge in [-0.05, 0) is 60.7 Å². The third kappa shape index (κ3) is 3.41. The maximum Gasteiger partial charge on any atom is 0.254 e. The van der Waals surface area contributed by atoms with Gasteiger partial charge in [-0.25, -0.2) is 8.42 Å². The Kier molecular flexibility index (Phi) is 4.92. The van der Waals surface area contributed by atoms with Crippen molar-refractivity contribution >= 4 is 15.9 Å². The van der Waals surface area contributed by atoms with Crippen LogP contribution in [-0.4, -0.2) is 43.2 Å². The molecular weight excluding hydrogens is 374 g/mol. The SMILES string of the molecule is N#Cc1cccc(C(=O)N2CCc3ccc(S(=O)(=O)N4CCCC4)cc3C2)c1. The van der Waals surface area contributed by atoms with E-state index < -0.39 is 10.0 Å². The molecule has 2 aliphatic rings. The molecule has 1 saturated heterocycles. The van der Waals surface area contributed by atoms with E-state index in [1.807, 2.05) is 12.1 Å². The Morgan fingerprint density at radius 3 is 2.54 bits per heavy atom. The van der Waals surface area contributed by atoms with Crippen molar-refractivity contribution in [1.82, 2.24) is 9.21 Å². The number of carbonyl (C=O) groups excluding carboxylic acids is 1. The van der Waals surface area contributed by atoms with Crippen molar-refractivity contribution in [2.45, 2.75) is 30.7 Å². The summed E-state index contributed by atoms with van der Waals surface area (Å²) in [5.74, 6) is -0.143. The number of sulfonamides is 1. The van der Waals surface area contributed by atoms with Gasteiger partial charge in [0.1, 0.15) is 0 Å². The van der Waals surface area contributed by atoms with E-state index in [-0.39, 0.29) is 5.91 Å². The van der Waals surface area contributed by atoms with Crippen molar-refractivity contribution in [2.75, 3.05) is 19.6 Å². The van der Waals surface area contributed by atoms with Gasteiger partial charge in [0.05, 0.1) is 16.5 Å². The van der Waals surface area contributed by atoms with Crippen molar-refractivity contribution < 1.29 is 13.2 Å². The molecule has 2 aromatic rings. The minimum Gasteiger partial charge on any atom is -0.334 e. The highest BCUT2D eigenvalue weighted by Crippen LogP contribution is 2.27. The standard InChI is InChI=1S/C21H21N3O3S/c22-14-16-4-3-5-18(12-16)21(25)23-11-8-17-6-7-20(13-19(17)15-23)28(26,27)24-9-1-2-10-24/h3-7,12-13H,1-2,8-11,15H2. The van der Waals surface area contributed by atoms with Crippen molar-refractivity contribution in [3.63, 3.8) is 0 Å². The zero-order valence-corrected chi connectivity index (χ0v) is 16.3. The van der Waals surface area contributed by atoms with Crippen LogP contribution in [0.25, 0.3) is 0 Å². The molecule has 2 aromatic carbocycles. The van der Waals surface area contributed by atoms with Crippen LogP contribution in [0.3, 0.4) is 0 Å². The van der Waals surface area contributed by atoms with E-state index in [0.29, 0.717) is 48.6 Å². The molecule has 2 heterocycles. The third-order valence-corrected chi connectivity index (χ3v) is 7.31. The van der Waals surface area contributed by atoms with E-state index >= 15 is 0 Å². The molecule has 0 bridgehead atoms. The van der Waals surface area contributed by atoms with Gasteiger partial charge in [0.15, 0.2) is 0 Å². The Hall–Kier alpha value is -2.69. The third-order valence-electron chi connectivity index (χ3n) is 5.42. The molecule has 0 aliphatic carbocycles. The monoisotopic (exact) mass is 395 g/mol. The van der Waals surface area contributed by atoms with Crippen LogP contribution in [0.2, 0.25) is 0 Å². The summed E-state index contributed by atoms with van der Waals surface area (Å²) in [5.41, 5.74) is 2.87. The smallest absolute Gasteiger partial charge is 0.254 e. The van der Waals surface area contributed by atoms with E-state index in [4.69, 9.17) is 5.26 Å². The van der Waals surface area contributed by atoms with E-state index in [9.17, 15) is 13.2 Å². The van der Waals surface area contributed by atoms with Gasteiger partial charge in [-0.15, -0.1) is 0 Å². The van der Waals surface area contributed by atoms with Crippen molar-refractivity contribution in [1.29, 1.82) is 5.26 Å². The highest BCUT2D eigenvalue weighted by atomic mass is 32.2. The quantitative estimate of drug-likeness (QED) is 0.800. The predicted molar refractivity (Wildman–Crippen MR) is 104 cm³/mol. The van der Waals surface area contributed by atoms with Crippen LogP contribution in [-0.2, 0) is 23.0 Å². The highest BCUT2D eigenvalue weighted by Gasteiger charge is 2.29. The van der Waals surface area contributed by atoms with E-state index in [2.05, 4.69) is 0 Å². The second kappa shape index (κ2) is 7.38. The Morgan fingerprint density at radius 1 is 1.00 bits per heavy atom. The summed E-state index contributed by atoms with van der Waals surface area (Å²) in [7, 11) is -3.48. The van der Waals surface area contributed by atoms with Crippen LogP contribution in [0.15, 0.2) is 47.4 Å². The van der Waals surface area contributed by atoms with Crippen LogP contribution in [0.1, 0.15) is 39.9 Å². The number of hydrogen-bond acceptors (Lipinski definition) is 4. The fourth-order valence-electron chi connectivity index (χ4n) is 3.85. The number of rotatable bonds is 3. The van der Waals surface area contributed by atoms with Crippen LogP contribution < -0.4 is 0 Å². The average Bonchev–Trinajstić information content (AvgIpc) is 3.28. The molecule has 4 rings (SSSR count). The van der Waals surface area contributed by atoms with E-state index in [1.165, 1.54) is 4.31 Å². The molecule has 0 radical (unpaired) electrons. The number of carbonyl (C=O) groups is 1. The van der Waals surface area contributed by atoms with Crippen LogP contribution in [0, 0.1) is 11.3 Å². The lowest BCUT2D eigenvalue weighted by atomic mass is 9.99. The lowest BCUT2D eigenvalue weighted by Crippen LogP contribution is -2.36. The molecule has 0 spiro atoms. The summed E-state index contributed by atoms with van der Waals surface area (Å²) < 4.78 is 27.2. The first-order chi connectivity index (χ1) is 13.5. The molecule has 0 unspecified atom stereocenters. The van der Waals surface area contributed by atoms with Crippen LogP contribution >= 0.6 is 0 Å². The fourth-order valence-corrected chi connectivity index (χ4v) is 5.42. The topological polar surface area (TPSA) is 81.5 Å². The van der Waals surface area contributed by atoms with Crippen molar-refractivity contribution in [3.05, 3.63) is 64.7 Å². The van der Waals surface area contributed by atoms with Gasteiger partial charge in [-0.1, -0.05) is 12.1 Å². The Labute approximate surface area is 165 Å². The summed E-state index contributed by atoms with van der Waals surface area (Å²) in [6.07, 6.45) is 2.48. The van der Waals surface area contributed by atoms with Gasteiger partial charge in [-0.3, -0.25) is 4.79 Å². The first kappa shape index (κ1) is 18.7. The number of nitrogens with zero attached hydrogens (tertiary/aromatic N) is 3. The molecule has 0 saturated carbocycles. The predicted octanol–water partition coefficient (Wildman–Crippen LogP) is 2.54. The highest BCUT2D eigenvalue weighted by molar-refractivity contribution is 7.89. The summed E-state index contributed by atoms with van der Waals surface area (Å²) in [6.45, 7) is 2.08. The number of nitriles is 1. The molecule has 144 valence electrons. The summed E-state index contributed by atoms with van der Waals surface area (Å²) in [6, 6.07) is 14.0. The minimum absolute atomic E-state index is 0.143. The zero-order valence-electron chi connectivity index (χ0n) is 15.5. The first-order valence-corrected chi connectivity index (χ1v) is 10.8. The van der Waals surface area contributed by atoms with Gasteiger partial charge >= 0.3 is 0 Å². The Bertz CT molecular complexity index is 1070. The first-order valence-electron chi connectivity index (χ1n) is 9.40. The molecule has 0 aromatic heterocycles. The van der Waals surface area contributed by atoms with Gasteiger partial charge in [0.2, 0.25) is 10.0 Å². The maximum absolute atomic E-state index is 12.9. The second-order valence-electron chi connectivity index (χ2n) is 7.21. The van der Waals surface area contributed by atoms with Gasteiger partial charge in [0.25, 0.3) is 5.91 Å². The Morgan fingerprint density at radius 2 is 1.79 bits per heavy atom. The summed E-state index contributed by atoms with van der Waals surface area (Å²) >= 11 is 0. The van der Waals surface area contributed by atoms with Crippen molar-refractivity contribution in [2.24, 2.45) is 0 Å². The van der Waals surface area contributed by atoms with Gasteiger partial charge in [0, 0.05) is 31.7 Å². The largest absolute Gasteiger partial charge is 0.334 e. The molecule has 7 heteroatoms. The number of amides is 1. The lowest BCUT2D eigenvalue weighted by Gasteiger charge is -2.29. The second-order valence-corrected chi connectivity index (χ2v) is 9.15.